The van der Waals surface area contributed by atoms with E-state index in [1.54, 1.807) is 39.0 Å². The van der Waals surface area contributed by atoms with Gasteiger partial charge in [0.15, 0.2) is 6.04 Å². The van der Waals surface area contributed by atoms with Crippen molar-refractivity contribution in [1.29, 1.82) is 0 Å². The molecule has 23 heavy (non-hydrogen) atoms. The van der Waals surface area contributed by atoms with E-state index in [1.807, 2.05) is 0 Å². The van der Waals surface area contributed by atoms with Gasteiger partial charge < -0.3 is 24.6 Å². The quantitative estimate of drug-likeness (QED) is 0.776. The largest absolute Gasteiger partial charge is 0.497 e. The van der Waals surface area contributed by atoms with Crippen molar-refractivity contribution < 1.29 is 28.9 Å². The molecule has 2 N–H and O–H groups in total. The van der Waals surface area contributed by atoms with E-state index in [1.165, 1.54) is 7.11 Å². The van der Waals surface area contributed by atoms with Crippen LogP contribution in [0.1, 0.15) is 20.8 Å². The maximum absolute atomic E-state index is 11.7. The summed E-state index contributed by atoms with van der Waals surface area (Å²) in [5, 5.41) is 11.4. The van der Waals surface area contributed by atoms with E-state index in [0.29, 0.717) is 16.0 Å². The van der Waals surface area contributed by atoms with E-state index in [9.17, 15) is 14.7 Å². The van der Waals surface area contributed by atoms with Crippen molar-refractivity contribution in [2.45, 2.75) is 32.4 Å². The van der Waals surface area contributed by atoms with E-state index in [-0.39, 0.29) is 6.61 Å². The first-order valence-corrected chi connectivity index (χ1v) is 7.60. The first-order chi connectivity index (χ1) is 10.6. The molecular weight excluding hydrogens is 370 g/mol. The molecular formula is C15H20BrNO6. The van der Waals surface area contributed by atoms with Gasteiger partial charge in [-0.05, 0) is 48.8 Å². The number of ether oxygens (including phenoxy) is 3. The minimum atomic E-state index is -1.25. The lowest BCUT2D eigenvalue weighted by atomic mass is 10.2. The molecule has 0 saturated carbocycles. The van der Waals surface area contributed by atoms with Crippen molar-refractivity contribution in [3.8, 4) is 11.5 Å². The minimum Gasteiger partial charge on any atom is -0.497 e. The summed E-state index contributed by atoms with van der Waals surface area (Å²) in [5.41, 5.74) is -0.718. The third-order valence-corrected chi connectivity index (χ3v) is 3.19. The fourth-order valence-electron chi connectivity index (χ4n) is 1.52. The number of methoxy groups -OCH3 is 1. The normalized spacial score (nSPS) is 12.2. The Morgan fingerprint density at radius 3 is 2.52 bits per heavy atom. The van der Waals surface area contributed by atoms with Crippen molar-refractivity contribution in [2.75, 3.05) is 13.7 Å². The summed E-state index contributed by atoms with van der Waals surface area (Å²) >= 11 is 3.30. The average molecular weight is 390 g/mol. The van der Waals surface area contributed by atoms with Crippen LogP contribution in [-0.2, 0) is 9.53 Å². The van der Waals surface area contributed by atoms with Crippen LogP contribution in [0, 0.1) is 0 Å². The highest BCUT2D eigenvalue weighted by atomic mass is 79.9. The van der Waals surface area contributed by atoms with Gasteiger partial charge in [0.25, 0.3) is 0 Å². The summed E-state index contributed by atoms with van der Waals surface area (Å²) in [5.74, 6) is -0.258. The number of amides is 1. The van der Waals surface area contributed by atoms with Gasteiger partial charge in [0, 0.05) is 6.07 Å². The number of alkyl carbamates (subject to hydrolysis) is 1. The highest BCUT2D eigenvalue weighted by Gasteiger charge is 2.24. The molecule has 1 amide bonds. The molecule has 128 valence electrons. The molecule has 0 aliphatic rings. The second-order valence-corrected chi connectivity index (χ2v) is 6.50. The third kappa shape index (κ3) is 6.77. The second-order valence-electron chi connectivity index (χ2n) is 5.64. The lowest BCUT2D eigenvalue weighted by Gasteiger charge is -2.22. The molecule has 0 unspecified atom stereocenters. The van der Waals surface area contributed by atoms with Gasteiger partial charge in [0.1, 0.15) is 23.7 Å². The summed E-state index contributed by atoms with van der Waals surface area (Å²) in [4.78, 5) is 22.9. The van der Waals surface area contributed by atoms with Gasteiger partial charge in [-0.25, -0.2) is 9.59 Å². The molecule has 0 aromatic heterocycles. The van der Waals surface area contributed by atoms with Crippen LogP contribution in [0.2, 0.25) is 0 Å². The summed E-state index contributed by atoms with van der Waals surface area (Å²) in [6.45, 7) is 4.80. The highest BCUT2D eigenvalue weighted by Crippen LogP contribution is 2.29. The second kappa shape index (κ2) is 8.05. The number of aliphatic carboxylic acids is 1. The lowest BCUT2D eigenvalue weighted by Crippen LogP contribution is -2.46. The molecule has 0 bridgehead atoms. The van der Waals surface area contributed by atoms with Crippen molar-refractivity contribution >= 4 is 28.0 Å². The van der Waals surface area contributed by atoms with E-state index in [4.69, 9.17) is 14.2 Å². The topological polar surface area (TPSA) is 94.1 Å². The smallest absolute Gasteiger partial charge is 0.408 e. The Morgan fingerprint density at radius 1 is 1.35 bits per heavy atom. The molecule has 0 aliphatic carbocycles. The number of halogens is 1. The standard InChI is InChI=1S/C15H20BrNO6/c1-15(2,3)23-14(20)17-11(13(18)19)8-22-12-7-9(21-4)5-6-10(12)16/h5-7,11H,8H2,1-4H3,(H,17,20)(H,18,19)/t11-/m0/s1. The third-order valence-electron chi connectivity index (χ3n) is 2.53. The summed E-state index contributed by atoms with van der Waals surface area (Å²) in [7, 11) is 1.51. The van der Waals surface area contributed by atoms with Gasteiger partial charge in [-0.3, -0.25) is 0 Å². The van der Waals surface area contributed by atoms with Gasteiger partial charge in [0.2, 0.25) is 0 Å². The Morgan fingerprint density at radius 2 is 2.00 bits per heavy atom. The Hall–Kier alpha value is -1.96. The average Bonchev–Trinajstić information content (AvgIpc) is 2.42. The van der Waals surface area contributed by atoms with Crippen LogP contribution in [0.25, 0.3) is 0 Å². The van der Waals surface area contributed by atoms with E-state index in [0.717, 1.165) is 0 Å². The highest BCUT2D eigenvalue weighted by molar-refractivity contribution is 9.10. The Balaban J connectivity index is 2.70. The zero-order valence-corrected chi connectivity index (χ0v) is 15.0. The first kappa shape index (κ1) is 19.1. The molecule has 0 heterocycles. The Bertz CT molecular complexity index is 570. The SMILES string of the molecule is COc1ccc(Br)c(OC[C@H](NC(=O)OC(C)(C)C)C(=O)O)c1. The van der Waals surface area contributed by atoms with Crippen LogP contribution in [-0.4, -0.2) is 42.5 Å². The van der Waals surface area contributed by atoms with Gasteiger partial charge in [-0.15, -0.1) is 0 Å². The van der Waals surface area contributed by atoms with Gasteiger partial charge in [0.05, 0.1) is 11.6 Å². The fourth-order valence-corrected chi connectivity index (χ4v) is 1.88. The van der Waals surface area contributed by atoms with Gasteiger partial charge in [-0.1, -0.05) is 0 Å². The molecule has 1 aromatic rings. The number of hydrogen-bond acceptors (Lipinski definition) is 5. The monoisotopic (exact) mass is 389 g/mol. The number of carbonyl (C=O) groups is 2. The Kier molecular flexibility index (Phi) is 6.68. The van der Waals surface area contributed by atoms with E-state index in [2.05, 4.69) is 21.2 Å². The molecule has 1 aromatic carbocycles. The molecule has 7 nitrogen and oxygen atoms in total. The number of carbonyl (C=O) groups excluding carboxylic acids is 1. The molecule has 0 spiro atoms. The Labute approximate surface area is 143 Å². The minimum absolute atomic E-state index is 0.264. The fraction of sp³-hybridized carbons (Fsp3) is 0.467. The summed E-state index contributed by atoms with van der Waals surface area (Å²) in [6.07, 6.45) is -0.821. The number of hydrogen-bond donors (Lipinski definition) is 2. The van der Waals surface area contributed by atoms with E-state index >= 15 is 0 Å². The first-order valence-electron chi connectivity index (χ1n) is 6.81. The van der Waals surface area contributed by atoms with Crippen molar-refractivity contribution in [3.05, 3.63) is 22.7 Å². The number of nitrogens with one attached hydrogen (secondary N) is 1. The summed E-state index contributed by atoms with van der Waals surface area (Å²) in [6, 6.07) is 3.80. The molecule has 0 aliphatic heterocycles. The van der Waals surface area contributed by atoms with E-state index < -0.39 is 23.7 Å². The van der Waals surface area contributed by atoms with Crippen LogP contribution in [0.4, 0.5) is 4.79 Å². The van der Waals surface area contributed by atoms with Gasteiger partial charge in [-0.2, -0.15) is 0 Å². The van der Waals surface area contributed by atoms with Gasteiger partial charge >= 0.3 is 12.1 Å². The van der Waals surface area contributed by atoms with Crippen LogP contribution in [0.3, 0.4) is 0 Å². The number of rotatable bonds is 6. The number of carboxylic acids is 1. The van der Waals surface area contributed by atoms with Crippen LogP contribution < -0.4 is 14.8 Å². The molecule has 1 rings (SSSR count). The molecule has 1 atom stereocenters. The zero-order chi connectivity index (χ0) is 17.6. The maximum atomic E-state index is 11.7. The maximum Gasteiger partial charge on any atom is 0.408 e. The van der Waals surface area contributed by atoms with Crippen LogP contribution in [0.15, 0.2) is 22.7 Å². The predicted molar refractivity (Wildman–Crippen MR) is 87.0 cm³/mol. The summed E-state index contributed by atoms with van der Waals surface area (Å²) < 4.78 is 16.2. The predicted octanol–water partition coefficient (Wildman–Crippen LogP) is 2.81. The van der Waals surface area contributed by atoms with Crippen molar-refractivity contribution in [2.24, 2.45) is 0 Å². The number of benzene rings is 1. The lowest BCUT2D eigenvalue weighted by molar-refractivity contribution is -0.140. The van der Waals surface area contributed by atoms with Crippen molar-refractivity contribution in [3.63, 3.8) is 0 Å². The zero-order valence-electron chi connectivity index (χ0n) is 13.4. The number of carboxylic acid groups (broad SMARTS) is 1. The van der Waals surface area contributed by atoms with Crippen LogP contribution in [0.5, 0.6) is 11.5 Å². The molecule has 8 heteroatoms. The molecule has 0 saturated heterocycles. The molecule has 0 radical (unpaired) electrons. The van der Waals surface area contributed by atoms with Crippen LogP contribution >= 0.6 is 15.9 Å². The molecule has 0 fully saturated rings. The van der Waals surface area contributed by atoms with Crippen molar-refractivity contribution in [1.82, 2.24) is 5.32 Å².